The minimum atomic E-state index is -1.07. The van der Waals surface area contributed by atoms with Crippen molar-refractivity contribution in [2.45, 2.75) is 18.9 Å². The van der Waals surface area contributed by atoms with E-state index in [0.717, 1.165) is 25.9 Å². The molecule has 2 rings (SSSR count). The molecule has 1 amide bonds. The van der Waals surface area contributed by atoms with Gasteiger partial charge in [-0.1, -0.05) is 15.9 Å². The number of rotatable bonds is 4. The van der Waals surface area contributed by atoms with Gasteiger partial charge in [-0.3, -0.25) is 9.69 Å². The van der Waals surface area contributed by atoms with Gasteiger partial charge in [-0.05, 0) is 31.0 Å². The molecule has 1 aliphatic heterocycles. The molecule has 7 heteroatoms. The summed E-state index contributed by atoms with van der Waals surface area (Å²) < 4.78 is 0.655. The number of nitrogens with zero attached hydrogens (tertiary/aromatic N) is 1. The molecule has 114 valence electrons. The largest absolute Gasteiger partial charge is 0.478 e. The van der Waals surface area contributed by atoms with Gasteiger partial charge in [0.15, 0.2) is 0 Å². The van der Waals surface area contributed by atoms with E-state index < -0.39 is 5.97 Å². The number of anilines is 1. The normalized spacial score (nSPS) is 16.7. The van der Waals surface area contributed by atoms with Crippen LogP contribution in [0.25, 0.3) is 0 Å². The molecule has 0 radical (unpaired) electrons. The van der Waals surface area contributed by atoms with Gasteiger partial charge < -0.3 is 16.2 Å². The van der Waals surface area contributed by atoms with E-state index in [9.17, 15) is 9.59 Å². The Morgan fingerprint density at radius 1 is 1.38 bits per heavy atom. The van der Waals surface area contributed by atoms with E-state index in [0.29, 0.717) is 10.2 Å². The summed E-state index contributed by atoms with van der Waals surface area (Å²) in [4.78, 5) is 25.2. The van der Waals surface area contributed by atoms with Crippen molar-refractivity contribution in [1.29, 1.82) is 0 Å². The molecule has 6 nitrogen and oxygen atoms in total. The van der Waals surface area contributed by atoms with E-state index in [1.165, 1.54) is 6.07 Å². The number of hydrogen-bond donors (Lipinski definition) is 3. The van der Waals surface area contributed by atoms with Crippen LogP contribution in [-0.4, -0.2) is 47.6 Å². The number of piperidine rings is 1. The molecule has 0 bridgehead atoms. The van der Waals surface area contributed by atoms with Crippen LogP contribution in [0.15, 0.2) is 22.7 Å². The first kappa shape index (κ1) is 15.9. The third-order valence-corrected chi connectivity index (χ3v) is 3.98. The summed E-state index contributed by atoms with van der Waals surface area (Å²) >= 11 is 3.22. The lowest BCUT2D eigenvalue weighted by atomic mass is 10.1. The molecule has 0 aromatic heterocycles. The summed E-state index contributed by atoms with van der Waals surface area (Å²) in [7, 11) is 0. The lowest BCUT2D eigenvalue weighted by Crippen LogP contribution is -2.43. The molecule has 0 aliphatic carbocycles. The third kappa shape index (κ3) is 4.52. The number of carbonyl (C=O) groups excluding carboxylic acids is 1. The fraction of sp³-hybridized carbons (Fsp3) is 0.429. The third-order valence-electron chi connectivity index (χ3n) is 3.49. The average molecular weight is 356 g/mol. The van der Waals surface area contributed by atoms with Crippen molar-refractivity contribution in [3.63, 3.8) is 0 Å². The number of likely N-dealkylation sites (tertiary alicyclic amines) is 1. The standard InChI is InChI=1S/C14H18BrN3O3/c15-9-1-2-12(11(7-9)14(20)21)17-13(19)8-18-5-3-10(16)4-6-18/h1-2,7,10H,3-6,8,16H2,(H,17,19)(H,20,21). The molecule has 0 spiro atoms. The summed E-state index contributed by atoms with van der Waals surface area (Å²) in [5.74, 6) is -1.29. The monoisotopic (exact) mass is 355 g/mol. The van der Waals surface area contributed by atoms with Gasteiger partial charge >= 0.3 is 5.97 Å². The van der Waals surface area contributed by atoms with Gasteiger partial charge in [0.2, 0.25) is 5.91 Å². The van der Waals surface area contributed by atoms with Crippen LogP contribution in [0.5, 0.6) is 0 Å². The summed E-state index contributed by atoms with van der Waals surface area (Å²) in [6.07, 6.45) is 1.76. The molecule has 1 heterocycles. The maximum absolute atomic E-state index is 12.0. The van der Waals surface area contributed by atoms with E-state index in [1.54, 1.807) is 12.1 Å². The molecule has 1 aromatic rings. The molecule has 1 saturated heterocycles. The summed E-state index contributed by atoms with van der Waals surface area (Å²) in [5.41, 5.74) is 6.20. The van der Waals surface area contributed by atoms with Gasteiger partial charge in [-0.2, -0.15) is 0 Å². The SMILES string of the molecule is NC1CCN(CC(=O)Nc2ccc(Br)cc2C(=O)O)CC1. The van der Waals surface area contributed by atoms with Crippen LogP contribution in [-0.2, 0) is 4.79 Å². The predicted molar refractivity (Wildman–Crippen MR) is 83.4 cm³/mol. The number of carboxylic acids is 1. The van der Waals surface area contributed by atoms with E-state index in [-0.39, 0.29) is 24.1 Å². The second-order valence-electron chi connectivity index (χ2n) is 5.16. The number of carbonyl (C=O) groups is 2. The second-order valence-corrected chi connectivity index (χ2v) is 6.07. The summed E-state index contributed by atoms with van der Waals surface area (Å²) in [5, 5.41) is 11.8. The Morgan fingerprint density at radius 2 is 2.05 bits per heavy atom. The second kappa shape index (κ2) is 7.02. The first-order valence-electron chi connectivity index (χ1n) is 6.76. The van der Waals surface area contributed by atoms with Gasteiger partial charge in [0.25, 0.3) is 0 Å². The topological polar surface area (TPSA) is 95.7 Å². The maximum Gasteiger partial charge on any atom is 0.337 e. The molecule has 0 atom stereocenters. The molecule has 1 aromatic carbocycles. The zero-order valence-electron chi connectivity index (χ0n) is 11.5. The van der Waals surface area contributed by atoms with Gasteiger partial charge in [0, 0.05) is 23.6 Å². The van der Waals surface area contributed by atoms with Crippen molar-refractivity contribution < 1.29 is 14.7 Å². The fourth-order valence-electron chi connectivity index (χ4n) is 2.31. The molecule has 21 heavy (non-hydrogen) atoms. The van der Waals surface area contributed by atoms with Crippen LogP contribution in [0.2, 0.25) is 0 Å². The lowest BCUT2D eigenvalue weighted by molar-refractivity contribution is -0.117. The van der Waals surface area contributed by atoms with Gasteiger partial charge in [0.1, 0.15) is 0 Å². The smallest absolute Gasteiger partial charge is 0.337 e. The Balaban J connectivity index is 1.98. The van der Waals surface area contributed by atoms with E-state index >= 15 is 0 Å². The maximum atomic E-state index is 12.0. The Labute approximate surface area is 131 Å². The molecule has 1 aliphatic rings. The highest BCUT2D eigenvalue weighted by atomic mass is 79.9. The average Bonchev–Trinajstić information content (AvgIpc) is 2.43. The highest BCUT2D eigenvalue weighted by molar-refractivity contribution is 9.10. The highest BCUT2D eigenvalue weighted by Crippen LogP contribution is 2.21. The highest BCUT2D eigenvalue weighted by Gasteiger charge is 2.19. The molecule has 0 unspecified atom stereocenters. The lowest BCUT2D eigenvalue weighted by Gasteiger charge is -2.29. The van der Waals surface area contributed by atoms with Crippen LogP contribution in [0.1, 0.15) is 23.2 Å². The van der Waals surface area contributed by atoms with Gasteiger partial charge in [-0.25, -0.2) is 4.79 Å². The number of amides is 1. The Hall–Kier alpha value is -1.44. The Morgan fingerprint density at radius 3 is 2.67 bits per heavy atom. The number of aromatic carboxylic acids is 1. The molecular weight excluding hydrogens is 338 g/mol. The zero-order valence-corrected chi connectivity index (χ0v) is 13.1. The number of carboxylic acid groups (broad SMARTS) is 1. The molecular formula is C14H18BrN3O3. The van der Waals surface area contributed by atoms with Crippen LogP contribution >= 0.6 is 15.9 Å². The van der Waals surface area contributed by atoms with E-state index in [2.05, 4.69) is 21.2 Å². The van der Waals surface area contributed by atoms with Crippen LogP contribution in [0, 0.1) is 0 Å². The minimum absolute atomic E-state index is 0.0680. The van der Waals surface area contributed by atoms with Crippen molar-refractivity contribution in [2.24, 2.45) is 5.73 Å². The molecule has 1 fully saturated rings. The number of benzene rings is 1. The first-order valence-corrected chi connectivity index (χ1v) is 7.55. The van der Waals surface area contributed by atoms with Crippen molar-refractivity contribution >= 4 is 33.5 Å². The van der Waals surface area contributed by atoms with E-state index in [4.69, 9.17) is 10.8 Å². The quantitative estimate of drug-likeness (QED) is 0.760. The Bertz CT molecular complexity index is 542. The van der Waals surface area contributed by atoms with Crippen molar-refractivity contribution in [1.82, 2.24) is 4.90 Å². The Kier molecular flexibility index (Phi) is 5.33. The zero-order chi connectivity index (χ0) is 15.4. The summed E-state index contributed by atoms with van der Waals surface area (Å²) in [6, 6.07) is 4.96. The number of nitrogens with two attached hydrogens (primary N) is 1. The minimum Gasteiger partial charge on any atom is -0.478 e. The van der Waals surface area contributed by atoms with Crippen LogP contribution in [0.4, 0.5) is 5.69 Å². The number of hydrogen-bond acceptors (Lipinski definition) is 4. The first-order chi connectivity index (χ1) is 9.95. The predicted octanol–water partition coefficient (Wildman–Crippen LogP) is 1.51. The number of nitrogens with one attached hydrogen (secondary N) is 1. The van der Waals surface area contributed by atoms with E-state index in [1.807, 2.05) is 4.90 Å². The van der Waals surface area contributed by atoms with Crippen molar-refractivity contribution in [3.8, 4) is 0 Å². The molecule has 4 N–H and O–H groups in total. The molecule has 0 saturated carbocycles. The fourth-order valence-corrected chi connectivity index (χ4v) is 2.67. The number of halogens is 1. The van der Waals surface area contributed by atoms with Crippen molar-refractivity contribution in [2.75, 3.05) is 25.0 Å². The summed E-state index contributed by atoms with van der Waals surface area (Å²) in [6.45, 7) is 1.84. The van der Waals surface area contributed by atoms with Crippen LogP contribution in [0.3, 0.4) is 0 Å². The van der Waals surface area contributed by atoms with Crippen molar-refractivity contribution in [3.05, 3.63) is 28.2 Å². The van der Waals surface area contributed by atoms with Crippen LogP contribution < -0.4 is 11.1 Å². The van der Waals surface area contributed by atoms with Gasteiger partial charge in [-0.15, -0.1) is 0 Å². The van der Waals surface area contributed by atoms with Gasteiger partial charge in [0.05, 0.1) is 17.8 Å².